The second-order valence-electron chi connectivity index (χ2n) is 6.83. The van der Waals surface area contributed by atoms with Gasteiger partial charge in [-0.15, -0.1) is 0 Å². The molecular weight excluding hydrogens is 350 g/mol. The average molecular weight is 378 g/mol. The molecule has 0 aliphatic carbocycles. The quantitative estimate of drug-likeness (QED) is 0.766. The molecule has 2 N–H and O–H groups in total. The Kier molecular flexibility index (Phi) is 6.58. The minimum atomic E-state index is -3.67. The number of nitrogens with zero attached hydrogens (tertiary/aromatic N) is 1. The van der Waals surface area contributed by atoms with E-state index in [-0.39, 0.29) is 23.2 Å². The molecule has 0 unspecified atom stereocenters. The predicted molar refractivity (Wildman–Crippen MR) is 105 cm³/mol. The SMILES string of the molecule is CCC1=C(c2ccc(C)cc2)S(=O)(=O)NC1=NCC(=O)NCCC(C)C. The summed E-state index contributed by atoms with van der Waals surface area (Å²) in [5.41, 5.74) is 2.30. The molecule has 0 spiro atoms. The van der Waals surface area contributed by atoms with Gasteiger partial charge in [-0.3, -0.25) is 14.5 Å². The summed E-state index contributed by atoms with van der Waals surface area (Å²) in [6, 6.07) is 7.34. The van der Waals surface area contributed by atoms with Crippen LogP contribution < -0.4 is 10.0 Å². The zero-order valence-electron chi connectivity index (χ0n) is 15.8. The van der Waals surface area contributed by atoms with Crippen molar-refractivity contribution in [3.05, 3.63) is 41.0 Å². The molecule has 1 aliphatic heterocycles. The van der Waals surface area contributed by atoms with Crippen LogP contribution in [0.2, 0.25) is 0 Å². The Morgan fingerprint density at radius 1 is 1.23 bits per heavy atom. The highest BCUT2D eigenvalue weighted by molar-refractivity contribution is 8.00. The van der Waals surface area contributed by atoms with Crippen LogP contribution in [0.25, 0.3) is 4.91 Å². The number of amides is 1. The zero-order chi connectivity index (χ0) is 19.3. The summed E-state index contributed by atoms with van der Waals surface area (Å²) in [6.45, 7) is 8.50. The number of nitrogens with one attached hydrogen (secondary N) is 2. The fraction of sp³-hybridized carbons (Fsp3) is 0.474. The van der Waals surface area contributed by atoms with E-state index in [0.29, 0.717) is 30.0 Å². The molecule has 1 aliphatic rings. The fourth-order valence-electron chi connectivity index (χ4n) is 2.71. The highest BCUT2D eigenvalue weighted by atomic mass is 32.2. The van der Waals surface area contributed by atoms with Crippen molar-refractivity contribution >= 4 is 26.7 Å². The molecular formula is C19H27N3O3S. The van der Waals surface area contributed by atoms with E-state index in [1.165, 1.54) is 0 Å². The molecule has 0 aromatic heterocycles. The van der Waals surface area contributed by atoms with E-state index in [1.807, 2.05) is 26.0 Å². The van der Waals surface area contributed by atoms with Gasteiger partial charge in [0.25, 0.3) is 10.0 Å². The van der Waals surface area contributed by atoms with E-state index in [2.05, 4.69) is 28.9 Å². The predicted octanol–water partition coefficient (Wildman–Crippen LogP) is 2.61. The molecule has 0 atom stereocenters. The van der Waals surface area contributed by atoms with E-state index in [9.17, 15) is 13.2 Å². The van der Waals surface area contributed by atoms with Crippen LogP contribution in [0.15, 0.2) is 34.8 Å². The number of aryl methyl sites for hydroxylation is 1. The second-order valence-corrected chi connectivity index (χ2v) is 8.45. The van der Waals surface area contributed by atoms with Gasteiger partial charge in [0.15, 0.2) is 0 Å². The molecule has 0 fully saturated rings. The number of carbonyl (C=O) groups excluding carboxylic acids is 1. The number of benzene rings is 1. The van der Waals surface area contributed by atoms with Crippen molar-refractivity contribution in [1.82, 2.24) is 10.0 Å². The first-order chi connectivity index (χ1) is 12.2. The lowest BCUT2D eigenvalue weighted by molar-refractivity contribution is -0.119. The molecule has 0 saturated heterocycles. The molecule has 0 saturated carbocycles. The maximum atomic E-state index is 12.6. The standard InChI is InChI=1S/C19H27N3O3S/c1-5-16-18(15-8-6-14(4)7-9-15)26(24,25)22-19(16)21-12-17(23)20-11-10-13(2)3/h6-9,13H,5,10-12H2,1-4H3,(H,20,23)(H,21,22). The van der Waals surface area contributed by atoms with Crippen LogP contribution in [-0.4, -0.2) is 33.3 Å². The molecule has 6 nitrogen and oxygen atoms in total. The number of rotatable bonds is 7. The Labute approximate surface area is 155 Å². The average Bonchev–Trinajstić information content (AvgIpc) is 2.83. The van der Waals surface area contributed by atoms with Gasteiger partial charge in [-0.1, -0.05) is 50.6 Å². The third-order valence-electron chi connectivity index (χ3n) is 4.15. The molecule has 7 heteroatoms. The van der Waals surface area contributed by atoms with E-state index in [0.717, 1.165) is 12.0 Å². The first-order valence-corrected chi connectivity index (χ1v) is 10.4. The summed E-state index contributed by atoms with van der Waals surface area (Å²) in [5.74, 6) is 0.564. The number of hydrogen-bond acceptors (Lipinski definition) is 4. The van der Waals surface area contributed by atoms with Crippen LogP contribution in [0.1, 0.15) is 44.7 Å². The summed E-state index contributed by atoms with van der Waals surface area (Å²) in [4.78, 5) is 16.4. The van der Waals surface area contributed by atoms with Gasteiger partial charge in [-0.05, 0) is 31.2 Å². The van der Waals surface area contributed by atoms with Gasteiger partial charge in [0.05, 0.1) is 0 Å². The van der Waals surface area contributed by atoms with E-state index in [4.69, 9.17) is 0 Å². The summed E-state index contributed by atoms with van der Waals surface area (Å²) in [7, 11) is -3.67. The monoisotopic (exact) mass is 377 g/mol. The minimum Gasteiger partial charge on any atom is -0.354 e. The van der Waals surface area contributed by atoms with Crippen LogP contribution in [0.3, 0.4) is 0 Å². The summed E-state index contributed by atoms with van der Waals surface area (Å²) >= 11 is 0. The lowest BCUT2D eigenvalue weighted by Gasteiger charge is -2.06. The molecule has 0 radical (unpaired) electrons. The Bertz CT molecular complexity index is 822. The van der Waals surface area contributed by atoms with Crippen molar-refractivity contribution in [3.63, 3.8) is 0 Å². The smallest absolute Gasteiger partial charge is 0.264 e. The minimum absolute atomic E-state index is 0.0966. The molecule has 1 aromatic carbocycles. The van der Waals surface area contributed by atoms with Gasteiger partial charge < -0.3 is 5.32 Å². The van der Waals surface area contributed by atoms with Gasteiger partial charge in [-0.2, -0.15) is 0 Å². The molecule has 26 heavy (non-hydrogen) atoms. The Hall–Kier alpha value is -2.15. The Morgan fingerprint density at radius 2 is 1.88 bits per heavy atom. The number of sulfonamides is 1. The van der Waals surface area contributed by atoms with Crippen LogP contribution in [-0.2, 0) is 14.8 Å². The lowest BCUT2D eigenvalue weighted by atomic mass is 10.1. The number of amidine groups is 1. The fourth-order valence-corrected chi connectivity index (χ4v) is 4.26. The van der Waals surface area contributed by atoms with Gasteiger partial charge in [-0.25, -0.2) is 8.42 Å². The van der Waals surface area contributed by atoms with Crippen molar-refractivity contribution in [3.8, 4) is 0 Å². The van der Waals surface area contributed by atoms with Gasteiger partial charge >= 0.3 is 0 Å². The van der Waals surface area contributed by atoms with Crippen molar-refractivity contribution in [2.75, 3.05) is 13.1 Å². The number of hydrogen-bond donors (Lipinski definition) is 2. The third-order valence-corrected chi connectivity index (χ3v) is 5.63. The van der Waals surface area contributed by atoms with Crippen molar-refractivity contribution in [2.24, 2.45) is 10.9 Å². The van der Waals surface area contributed by atoms with Gasteiger partial charge in [0, 0.05) is 12.1 Å². The highest BCUT2D eigenvalue weighted by Crippen LogP contribution is 2.31. The van der Waals surface area contributed by atoms with Crippen LogP contribution in [0, 0.1) is 12.8 Å². The Morgan fingerprint density at radius 3 is 2.46 bits per heavy atom. The van der Waals surface area contributed by atoms with E-state index in [1.54, 1.807) is 12.1 Å². The molecule has 1 heterocycles. The molecule has 2 rings (SSSR count). The lowest BCUT2D eigenvalue weighted by Crippen LogP contribution is -2.29. The highest BCUT2D eigenvalue weighted by Gasteiger charge is 2.33. The molecule has 142 valence electrons. The van der Waals surface area contributed by atoms with Crippen LogP contribution in [0.4, 0.5) is 0 Å². The van der Waals surface area contributed by atoms with E-state index >= 15 is 0 Å². The first kappa shape index (κ1) is 20.2. The maximum absolute atomic E-state index is 12.6. The van der Waals surface area contributed by atoms with Gasteiger partial charge in [0.1, 0.15) is 17.3 Å². The maximum Gasteiger partial charge on any atom is 0.264 e. The van der Waals surface area contributed by atoms with E-state index < -0.39 is 10.0 Å². The van der Waals surface area contributed by atoms with Crippen LogP contribution in [0.5, 0.6) is 0 Å². The first-order valence-electron chi connectivity index (χ1n) is 8.89. The van der Waals surface area contributed by atoms with Gasteiger partial charge in [0.2, 0.25) is 5.91 Å². The van der Waals surface area contributed by atoms with Crippen LogP contribution >= 0.6 is 0 Å². The Balaban J connectivity index is 2.22. The second kappa shape index (κ2) is 8.49. The zero-order valence-corrected chi connectivity index (χ0v) is 16.6. The largest absolute Gasteiger partial charge is 0.354 e. The molecule has 1 amide bonds. The number of carbonyl (C=O) groups is 1. The third kappa shape index (κ3) is 4.94. The molecule has 1 aromatic rings. The van der Waals surface area contributed by atoms with Crippen molar-refractivity contribution in [1.29, 1.82) is 0 Å². The number of aliphatic imine (C=N–C) groups is 1. The topological polar surface area (TPSA) is 87.6 Å². The van der Waals surface area contributed by atoms with Crippen molar-refractivity contribution in [2.45, 2.75) is 40.5 Å². The molecule has 0 bridgehead atoms. The summed E-state index contributed by atoms with van der Waals surface area (Å²) in [6.07, 6.45) is 1.40. The van der Waals surface area contributed by atoms with Crippen molar-refractivity contribution < 1.29 is 13.2 Å². The summed E-state index contributed by atoms with van der Waals surface area (Å²) in [5, 5.41) is 2.80. The summed E-state index contributed by atoms with van der Waals surface area (Å²) < 4.78 is 27.6. The normalized spacial score (nSPS) is 17.7.